The van der Waals surface area contributed by atoms with E-state index in [9.17, 15) is 4.79 Å². The number of benzene rings is 2. The van der Waals surface area contributed by atoms with Crippen molar-refractivity contribution >= 4 is 17.5 Å². The summed E-state index contributed by atoms with van der Waals surface area (Å²) in [5.74, 6) is -0.168. The summed E-state index contributed by atoms with van der Waals surface area (Å²) >= 11 is 5.94. The summed E-state index contributed by atoms with van der Waals surface area (Å²) in [6.45, 7) is 0. The summed E-state index contributed by atoms with van der Waals surface area (Å²) in [5.41, 5.74) is 4.29. The van der Waals surface area contributed by atoms with E-state index in [1.54, 1.807) is 6.07 Å². The van der Waals surface area contributed by atoms with Crippen LogP contribution in [0.25, 0.3) is 11.3 Å². The van der Waals surface area contributed by atoms with Gasteiger partial charge in [0.2, 0.25) is 0 Å². The highest BCUT2D eigenvalue weighted by Gasteiger charge is 2.19. The molecule has 2 heterocycles. The van der Waals surface area contributed by atoms with E-state index in [2.05, 4.69) is 15.3 Å². The van der Waals surface area contributed by atoms with Crippen molar-refractivity contribution in [1.29, 1.82) is 0 Å². The van der Waals surface area contributed by atoms with E-state index in [0.717, 1.165) is 22.5 Å². The van der Waals surface area contributed by atoms with Gasteiger partial charge in [-0.25, -0.2) is 0 Å². The van der Waals surface area contributed by atoms with Crippen molar-refractivity contribution in [2.24, 2.45) is 0 Å². The molecule has 27 heavy (non-hydrogen) atoms. The van der Waals surface area contributed by atoms with Gasteiger partial charge in [0.1, 0.15) is 5.69 Å². The molecule has 3 N–H and O–H groups in total. The molecule has 0 radical (unpaired) electrons. The van der Waals surface area contributed by atoms with Crippen LogP contribution >= 0.6 is 11.6 Å². The van der Waals surface area contributed by atoms with Crippen LogP contribution in [0.2, 0.25) is 5.02 Å². The van der Waals surface area contributed by atoms with Crippen LogP contribution in [0.5, 0.6) is 0 Å². The zero-order chi connectivity index (χ0) is 18.6. The fourth-order valence-corrected chi connectivity index (χ4v) is 3.17. The van der Waals surface area contributed by atoms with Crippen molar-refractivity contribution < 1.29 is 4.79 Å². The zero-order valence-corrected chi connectivity index (χ0v) is 15.2. The zero-order valence-electron chi connectivity index (χ0n) is 14.4. The summed E-state index contributed by atoms with van der Waals surface area (Å²) in [6.07, 6.45) is 1.85. The number of hydrogen-bond donors (Lipinski definition) is 3. The molecule has 0 aliphatic rings. The van der Waals surface area contributed by atoms with E-state index in [1.165, 1.54) is 0 Å². The summed E-state index contributed by atoms with van der Waals surface area (Å²) in [7, 11) is 0. The summed E-state index contributed by atoms with van der Waals surface area (Å²) in [5, 5.41) is 3.78. The highest BCUT2D eigenvalue weighted by atomic mass is 35.5. The van der Waals surface area contributed by atoms with Crippen LogP contribution in [0, 0.1) is 0 Å². The van der Waals surface area contributed by atoms with E-state index in [1.807, 2.05) is 79.0 Å². The minimum absolute atomic E-state index is 0.168. The third-order valence-corrected chi connectivity index (χ3v) is 4.68. The Labute approximate surface area is 162 Å². The summed E-state index contributed by atoms with van der Waals surface area (Å²) < 4.78 is 0. The molecule has 0 bridgehead atoms. The quantitative estimate of drug-likeness (QED) is 0.442. The molecule has 5 heteroatoms. The van der Waals surface area contributed by atoms with Crippen LogP contribution in [-0.4, -0.2) is 15.9 Å². The number of nitrogens with one attached hydrogen (secondary N) is 3. The number of H-pyrrole nitrogens is 2. The Morgan fingerprint density at radius 3 is 2.37 bits per heavy atom. The Morgan fingerprint density at radius 1 is 0.889 bits per heavy atom. The van der Waals surface area contributed by atoms with Crippen LogP contribution in [0.3, 0.4) is 0 Å². The highest BCUT2D eigenvalue weighted by molar-refractivity contribution is 6.30. The van der Waals surface area contributed by atoms with Crippen molar-refractivity contribution in [3.63, 3.8) is 0 Å². The highest BCUT2D eigenvalue weighted by Crippen LogP contribution is 2.23. The number of amides is 1. The largest absolute Gasteiger partial charge is 0.363 e. The number of carbonyl (C=O) groups is 1. The van der Waals surface area contributed by atoms with Gasteiger partial charge in [0, 0.05) is 22.6 Å². The average Bonchev–Trinajstić information content (AvgIpc) is 3.39. The van der Waals surface area contributed by atoms with Gasteiger partial charge in [-0.15, -0.1) is 0 Å². The number of aromatic amines is 2. The molecule has 2 aromatic carbocycles. The van der Waals surface area contributed by atoms with Gasteiger partial charge in [0.05, 0.1) is 6.04 Å². The predicted molar refractivity (Wildman–Crippen MR) is 108 cm³/mol. The van der Waals surface area contributed by atoms with Crippen molar-refractivity contribution in [2.45, 2.75) is 6.04 Å². The van der Waals surface area contributed by atoms with Gasteiger partial charge in [-0.3, -0.25) is 4.79 Å². The molecule has 4 rings (SSSR count). The first kappa shape index (κ1) is 17.2. The Kier molecular flexibility index (Phi) is 4.81. The first-order chi connectivity index (χ1) is 13.2. The number of aromatic nitrogens is 2. The second-order valence-corrected chi connectivity index (χ2v) is 6.67. The lowest BCUT2D eigenvalue weighted by Crippen LogP contribution is -2.29. The maximum Gasteiger partial charge on any atom is 0.268 e. The number of hydrogen-bond acceptors (Lipinski definition) is 1. The molecule has 0 saturated carbocycles. The van der Waals surface area contributed by atoms with Crippen molar-refractivity contribution in [3.05, 3.63) is 107 Å². The average molecular weight is 376 g/mol. The molecular formula is C22H18ClN3O. The Morgan fingerprint density at radius 2 is 1.67 bits per heavy atom. The van der Waals surface area contributed by atoms with Gasteiger partial charge in [0.25, 0.3) is 5.91 Å². The van der Waals surface area contributed by atoms with Crippen molar-refractivity contribution in [3.8, 4) is 11.3 Å². The lowest BCUT2D eigenvalue weighted by molar-refractivity contribution is 0.0938. The first-order valence-corrected chi connectivity index (χ1v) is 9.02. The van der Waals surface area contributed by atoms with Crippen LogP contribution in [0.4, 0.5) is 0 Å². The molecule has 0 spiro atoms. The lowest BCUT2D eigenvalue weighted by atomic mass is 10.0. The Balaban J connectivity index is 1.58. The second-order valence-electron chi connectivity index (χ2n) is 6.24. The third kappa shape index (κ3) is 3.81. The van der Waals surface area contributed by atoms with E-state index < -0.39 is 0 Å². The predicted octanol–water partition coefficient (Wildman–Crippen LogP) is 5.18. The van der Waals surface area contributed by atoms with Crippen LogP contribution < -0.4 is 5.32 Å². The molecule has 4 aromatic rings. The van der Waals surface area contributed by atoms with Crippen LogP contribution in [-0.2, 0) is 0 Å². The van der Waals surface area contributed by atoms with E-state index in [-0.39, 0.29) is 11.9 Å². The van der Waals surface area contributed by atoms with Gasteiger partial charge in [-0.2, -0.15) is 0 Å². The molecule has 0 aliphatic heterocycles. The molecule has 1 unspecified atom stereocenters. The van der Waals surface area contributed by atoms with E-state index in [4.69, 9.17) is 11.6 Å². The summed E-state index contributed by atoms with van der Waals surface area (Å²) in [6, 6.07) is 24.7. The van der Waals surface area contributed by atoms with Crippen molar-refractivity contribution in [1.82, 2.24) is 15.3 Å². The van der Waals surface area contributed by atoms with Crippen LogP contribution in [0.15, 0.2) is 85.1 Å². The van der Waals surface area contributed by atoms with Gasteiger partial charge >= 0.3 is 0 Å². The number of carbonyl (C=O) groups excluding carboxylic acids is 1. The maximum atomic E-state index is 12.8. The van der Waals surface area contributed by atoms with E-state index >= 15 is 0 Å². The molecule has 1 amide bonds. The fraction of sp³-hybridized carbons (Fsp3) is 0.0455. The van der Waals surface area contributed by atoms with E-state index in [0.29, 0.717) is 10.7 Å². The Hall–Kier alpha value is -3.24. The van der Waals surface area contributed by atoms with Gasteiger partial charge in [-0.05, 0) is 47.5 Å². The molecule has 134 valence electrons. The number of halogens is 1. The maximum absolute atomic E-state index is 12.8. The topological polar surface area (TPSA) is 60.7 Å². The molecule has 2 aromatic heterocycles. The Bertz CT molecular complexity index is 1020. The van der Waals surface area contributed by atoms with Crippen molar-refractivity contribution in [2.75, 3.05) is 0 Å². The normalized spacial score (nSPS) is 11.9. The molecule has 4 nitrogen and oxygen atoms in total. The molecule has 0 aliphatic carbocycles. The second kappa shape index (κ2) is 7.56. The molecule has 0 fully saturated rings. The van der Waals surface area contributed by atoms with Gasteiger partial charge in [0.15, 0.2) is 0 Å². The SMILES string of the molecule is O=C(NC(c1ccccc1)c1ccc[nH]1)c1ccc(-c2ccc(Cl)cc2)[nH]1. The first-order valence-electron chi connectivity index (χ1n) is 8.65. The monoisotopic (exact) mass is 375 g/mol. The molecule has 1 atom stereocenters. The van der Waals surface area contributed by atoms with Gasteiger partial charge in [-0.1, -0.05) is 54.1 Å². The minimum Gasteiger partial charge on any atom is -0.363 e. The van der Waals surface area contributed by atoms with Gasteiger partial charge < -0.3 is 15.3 Å². The smallest absolute Gasteiger partial charge is 0.268 e. The minimum atomic E-state index is -0.254. The number of rotatable bonds is 5. The fourth-order valence-electron chi connectivity index (χ4n) is 3.04. The van der Waals surface area contributed by atoms with Crippen LogP contribution in [0.1, 0.15) is 27.8 Å². The standard InChI is InChI=1S/C22H18ClN3O/c23-17-10-8-15(9-11-17)18-12-13-20(25-18)22(27)26-21(19-7-4-14-24-19)16-5-2-1-3-6-16/h1-14,21,24-25H,(H,26,27). The third-order valence-electron chi connectivity index (χ3n) is 4.43. The molecule has 0 saturated heterocycles. The summed E-state index contributed by atoms with van der Waals surface area (Å²) in [4.78, 5) is 19.2. The lowest BCUT2D eigenvalue weighted by Gasteiger charge is -2.18. The molecular weight excluding hydrogens is 358 g/mol.